The molecule has 1 aromatic heterocycles. The highest BCUT2D eigenvalue weighted by molar-refractivity contribution is 5.89. The van der Waals surface area contributed by atoms with Crippen LogP contribution < -0.4 is 10.2 Å². The Kier molecular flexibility index (Phi) is 7.11. The van der Waals surface area contributed by atoms with Gasteiger partial charge in [-0.2, -0.15) is 0 Å². The molecule has 0 aliphatic carbocycles. The minimum Gasteiger partial charge on any atom is -0.469 e. The molecule has 8 heteroatoms. The van der Waals surface area contributed by atoms with Gasteiger partial charge in [0.1, 0.15) is 17.5 Å². The number of carbonyl (C=O) groups is 1. The van der Waals surface area contributed by atoms with E-state index in [9.17, 15) is 9.18 Å². The number of aromatic nitrogens is 2. The van der Waals surface area contributed by atoms with Gasteiger partial charge in [0.05, 0.1) is 24.9 Å². The first-order valence-corrected chi connectivity index (χ1v) is 10.9. The molecule has 0 amide bonds. The number of benzene rings is 2. The number of rotatable bonds is 8. The zero-order valence-corrected chi connectivity index (χ0v) is 18.3. The molecule has 0 spiro atoms. The largest absolute Gasteiger partial charge is 0.469 e. The molecule has 1 fully saturated rings. The number of esters is 1. The summed E-state index contributed by atoms with van der Waals surface area (Å²) in [5.41, 5.74) is 1.55. The van der Waals surface area contributed by atoms with E-state index in [4.69, 9.17) is 14.7 Å². The number of nitrogens with zero attached hydrogens (tertiary/aromatic N) is 4. The molecule has 168 valence electrons. The van der Waals surface area contributed by atoms with Crippen molar-refractivity contribution in [1.82, 2.24) is 14.9 Å². The van der Waals surface area contributed by atoms with Crippen LogP contribution >= 0.6 is 0 Å². The highest BCUT2D eigenvalue weighted by Gasteiger charge is 2.20. The zero-order valence-electron chi connectivity index (χ0n) is 18.3. The minimum absolute atomic E-state index is 0.179. The van der Waals surface area contributed by atoms with Gasteiger partial charge in [-0.1, -0.05) is 24.3 Å². The van der Waals surface area contributed by atoms with Crippen molar-refractivity contribution in [3.63, 3.8) is 0 Å². The van der Waals surface area contributed by atoms with Crippen molar-refractivity contribution in [3.8, 4) is 0 Å². The van der Waals surface area contributed by atoms with Crippen LogP contribution in [-0.4, -0.2) is 60.7 Å². The molecule has 1 aliphatic rings. The van der Waals surface area contributed by atoms with E-state index in [-0.39, 0.29) is 11.8 Å². The summed E-state index contributed by atoms with van der Waals surface area (Å²) in [4.78, 5) is 25.2. The molecule has 2 aromatic carbocycles. The molecule has 2 heterocycles. The Morgan fingerprint density at radius 2 is 1.81 bits per heavy atom. The van der Waals surface area contributed by atoms with Crippen molar-refractivity contribution in [2.45, 2.75) is 19.4 Å². The summed E-state index contributed by atoms with van der Waals surface area (Å²) in [5.74, 6) is 1.13. The quantitative estimate of drug-likeness (QED) is 0.427. The second kappa shape index (κ2) is 10.4. The lowest BCUT2D eigenvalue weighted by Crippen LogP contribution is -2.46. The normalized spacial score (nSPS) is 14.5. The number of hydrogen-bond acceptors (Lipinski definition) is 7. The maximum absolute atomic E-state index is 14.1. The standard InChI is InChI=1S/C24H28FN5O2/c1-32-23(31)11-6-12-26-24-18-7-2-4-9-20(18)27-22(28-24)17-29-13-15-30(16-14-29)21-10-5-3-8-19(21)25/h2-5,7-10H,6,11-17H2,1H3,(H,26,27,28). The molecule has 0 bridgehead atoms. The van der Waals surface area contributed by atoms with E-state index in [1.807, 2.05) is 36.4 Å². The molecule has 1 N–H and O–H groups in total. The van der Waals surface area contributed by atoms with Gasteiger partial charge in [-0.05, 0) is 30.7 Å². The second-order valence-corrected chi connectivity index (χ2v) is 7.83. The SMILES string of the molecule is COC(=O)CCCNc1nc(CN2CCN(c3ccccc3F)CC2)nc2ccccc12. The molecule has 0 radical (unpaired) electrons. The third kappa shape index (κ3) is 5.31. The smallest absolute Gasteiger partial charge is 0.305 e. The lowest BCUT2D eigenvalue weighted by atomic mass is 10.2. The monoisotopic (exact) mass is 437 g/mol. The summed E-state index contributed by atoms with van der Waals surface area (Å²) < 4.78 is 18.8. The molecule has 3 aromatic rings. The fraction of sp³-hybridized carbons (Fsp3) is 0.375. The highest BCUT2D eigenvalue weighted by Crippen LogP contribution is 2.23. The predicted octanol–water partition coefficient (Wildman–Crippen LogP) is 3.46. The molecule has 32 heavy (non-hydrogen) atoms. The summed E-state index contributed by atoms with van der Waals surface area (Å²) in [6.45, 7) is 4.39. The van der Waals surface area contributed by atoms with E-state index in [1.54, 1.807) is 6.07 Å². The van der Waals surface area contributed by atoms with Gasteiger partial charge in [-0.3, -0.25) is 9.69 Å². The van der Waals surface area contributed by atoms with Gasteiger partial charge in [0.2, 0.25) is 0 Å². The van der Waals surface area contributed by atoms with Gasteiger partial charge >= 0.3 is 5.97 Å². The molecular weight excluding hydrogens is 409 g/mol. The molecule has 1 aliphatic heterocycles. The molecule has 7 nitrogen and oxygen atoms in total. The fourth-order valence-corrected chi connectivity index (χ4v) is 3.93. The van der Waals surface area contributed by atoms with Crippen LogP contribution in [0.1, 0.15) is 18.7 Å². The molecule has 4 rings (SSSR count). The Bertz CT molecular complexity index is 1070. The fourth-order valence-electron chi connectivity index (χ4n) is 3.93. The summed E-state index contributed by atoms with van der Waals surface area (Å²) in [7, 11) is 1.40. The number of fused-ring (bicyclic) bond motifs is 1. The lowest BCUT2D eigenvalue weighted by molar-refractivity contribution is -0.140. The topological polar surface area (TPSA) is 70.6 Å². The van der Waals surface area contributed by atoms with Crippen molar-refractivity contribution in [2.75, 3.05) is 50.1 Å². The van der Waals surface area contributed by atoms with Crippen molar-refractivity contribution >= 4 is 28.4 Å². The number of halogens is 1. The van der Waals surface area contributed by atoms with E-state index in [1.165, 1.54) is 13.2 Å². The second-order valence-electron chi connectivity index (χ2n) is 7.83. The maximum atomic E-state index is 14.1. The maximum Gasteiger partial charge on any atom is 0.305 e. The van der Waals surface area contributed by atoms with Gasteiger partial charge in [0.25, 0.3) is 0 Å². The Morgan fingerprint density at radius 1 is 1.06 bits per heavy atom. The van der Waals surface area contributed by atoms with E-state index in [2.05, 4.69) is 15.1 Å². The first-order chi connectivity index (χ1) is 15.6. The molecule has 1 saturated heterocycles. The average Bonchev–Trinajstić information content (AvgIpc) is 2.82. The number of nitrogens with one attached hydrogen (secondary N) is 1. The first kappa shape index (κ1) is 22.0. The first-order valence-electron chi connectivity index (χ1n) is 10.9. The summed E-state index contributed by atoms with van der Waals surface area (Å²) >= 11 is 0. The summed E-state index contributed by atoms with van der Waals surface area (Å²) in [6, 6.07) is 14.8. The number of hydrogen-bond donors (Lipinski definition) is 1. The molecule has 0 unspecified atom stereocenters. The van der Waals surface area contributed by atoms with Crippen molar-refractivity contribution < 1.29 is 13.9 Å². The van der Waals surface area contributed by atoms with Crippen LogP contribution in [0.2, 0.25) is 0 Å². The number of carbonyl (C=O) groups excluding carboxylic acids is 1. The van der Waals surface area contributed by atoms with Crippen LogP contribution in [0.25, 0.3) is 10.9 Å². The van der Waals surface area contributed by atoms with E-state index in [0.717, 1.165) is 48.7 Å². The number of ether oxygens (including phenoxy) is 1. The Balaban J connectivity index is 1.41. The summed E-state index contributed by atoms with van der Waals surface area (Å²) in [6.07, 6.45) is 1.03. The number of para-hydroxylation sites is 2. The van der Waals surface area contributed by atoms with Gasteiger partial charge < -0.3 is 15.0 Å². The van der Waals surface area contributed by atoms with Crippen LogP contribution in [-0.2, 0) is 16.1 Å². The van der Waals surface area contributed by atoms with E-state index in [0.29, 0.717) is 31.6 Å². The van der Waals surface area contributed by atoms with E-state index < -0.39 is 0 Å². The van der Waals surface area contributed by atoms with Crippen LogP contribution in [0.5, 0.6) is 0 Å². The van der Waals surface area contributed by atoms with Gasteiger partial charge in [0.15, 0.2) is 0 Å². The third-order valence-electron chi connectivity index (χ3n) is 5.66. The Labute approximate surface area is 187 Å². The van der Waals surface area contributed by atoms with Crippen LogP contribution in [0.15, 0.2) is 48.5 Å². The van der Waals surface area contributed by atoms with Crippen LogP contribution in [0.3, 0.4) is 0 Å². The number of piperazine rings is 1. The predicted molar refractivity (Wildman–Crippen MR) is 123 cm³/mol. The molecular formula is C24H28FN5O2. The lowest BCUT2D eigenvalue weighted by Gasteiger charge is -2.35. The minimum atomic E-state index is -0.213. The van der Waals surface area contributed by atoms with Crippen LogP contribution in [0, 0.1) is 5.82 Å². The van der Waals surface area contributed by atoms with Gasteiger partial charge in [-0.25, -0.2) is 14.4 Å². The molecule has 0 atom stereocenters. The summed E-state index contributed by atoms with van der Waals surface area (Å²) in [5, 5.41) is 4.31. The molecule has 0 saturated carbocycles. The average molecular weight is 438 g/mol. The number of anilines is 2. The Morgan fingerprint density at radius 3 is 2.59 bits per heavy atom. The van der Waals surface area contributed by atoms with E-state index >= 15 is 0 Å². The number of methoxy groups -OCH3 is 1. The zero-order chi connectivity index (χ0) is 22.3. The Hall–Kier alpha value is -3.26. The highest BCUT2D eigenvalue weighted by atomic mass is 19.1. The van der Waals surface area contributed by atoms with Crippen molar-refractivity contribution in [1.29, 1.82) is 0 Å². The van der Waals surface area contributed by atoms with Crippen LogP contribution in [0.4, 0.5) is 15.9 Å². The van der Waals surface area contributed by atoms with Gasteiger partial charge in [0, 0.05) is 44.5 Å². The van der Waals surface area contributed by atoms with Crippen molar-refractivity contribution in [3.05, 3.63) is 60.2 Å². The third-order valence-corrected chi connectivity index (χ3v) is 5.66. The van der Waals surface area contributed by atoms with Gasteiger partial charge in [-0.15, -0.1) is 0 Å². The van der Waals surface area contributed by atoms with Crippen molar-refractivity contribution in [2.24, 2.45) is 0 Å².